The topological polar surface area (TPSA) is 70.9 Å². The molecule has 22 heavy (non-hydrogen) atoms. The molecule has 1 aliphatic heterocycles. The highest BCUT2D eigenvalue weighted by molar-refractivity contribution is 6.15. The molecule has 1 saturated carbocycles. The molecule has 0 saturated heterocycles. The standard InChI is InChI=1S/C17H14N2O3/c20-16(18-11-6-2-1-3-7-11)17-10-13(17)15(19-21)12-8-4-5-9-14(12)22-17/h1-9,13,21H,10H2,(H,18,20)/b19-15+/t13-,17-/m1/s1. The van der Waals surface area contributed by atoms with E-state index in [2.05, 4.69) is 10.5 Å². The Morgan fingerprint density at radius 3 is 2.68 bits per heavy atom. The van der Waals surface area contributed by atoms with E-state index in [0.29, 0.717) is 17.9 Å². The summed E-state index contributed by atoms with van der Waals surface area (Å²) in [5, 5.41) is 15.6. The van der Waals surface area contributed by atoms with Crippen LogP contribution in [0.2, 0.25) is 0 Å². The maximum Gasteiger partial charge on any atom is 0.269 e. The van der Waals surface area contributed by atoms with Crippen molar-refractivity contribution in [3.8, 4) is 5.75 Å². The zero-order chi connectivity index (χ0) is 15.2. The van der Waals surface area contributed by atoms with Gasteiger partial charge in [-0.2, -0.15) is 0 Å². The minimum Gasteiger partial charge on any atom is -0.476 e. The average Bonchev–Trinajstić information content (AvgIpc) is 3.29. The normalized spacial score (nSPS) is 26.5. The molecule has 1 fully saturated rings. The number of para-hydroxylation sites is 2. The third-order valence-corrected chi connectivity index (χ3v) is 4.22. The zero-order valence-electron chi connectivity index (χ0n) is 11.7. The van der Waals surface area contributed by atoms with Crippen molar-refractivity contribution in [3.63, 3.8) is 0 Å². The molecule has 1 aliphatic carbocycles. The molecule has 0 aromatic heterocycles. The van der Waals surface area contributed by atoms with E-state index in [9.17, 15) is 10.0 Å². The van der Waals surface area contributed by atoms with E-state index in [1.165, 1.54) is 0 Å². The van der Waals surface area contributed by atoms with Crippen molar-refractivity contribution < 1.29 is 14.7 Å². The predicted molar refractivity (Wildman–Crippen MR) is 81.3 cm³/mol. The van der Waals surface area contributed by atoms with Gasteiger partial charge in [0, 0.05) is 17.7 Å². The molecule has 0 spiro atoms. The van der Waals surface area contributed by atoms with Crippen LogP contribution in [-0.2, 0) is 4.79 Å². The molecule has 2 atom stereocenters. The largest absolute Gasteiger partial charge is 0.476 e. The Morgan fingerprint density at radius 1 is 1.18 bits per heavy atom. The second-order valence-corrected chi connectivity index (χ2v) is 5.55. The number of nitrogens with one attached hydrogen (secondary N) is 1. The first-order valence-corrected chi connectivity index (χ1v) is 7.11. The molecule has 5 nitrogen and oxygen atoms in total. The number of hydrogen-bond donors (Lipinski definition) is 2. The first kappa shape index (κ1) is 12.9. The Balaban J connectivity index is 1.66. The maximum absolute atomic E-state index is 12.6. The number of oxime groups is 1. The van der Waals surface area contributed by atoms with E-state index >= 15 is 0 Å². The molecule has 2 N–H and O–H groups in total. The van der Waals surface area contributed by atoms with Crippen LogP contribution in [0.4, 0.5) is 5.69 Å². The lowest BCUT2D eigenvalue weighted by Crippen LogP contribution is -2.41. The van der Waals surface area contributed by atoms with Crippen molar-refractivity contribution >= 4 is 17.3 Å². The lowest BCUT2D eigenvalue weighted by atomic mass is 9.99. The summed E-state index contributed by atoms with van der Waals surface area (Å²) in [6, 6.07) is 16.6. The van der Waals surface area contributed by atoms with Crippen molar-refractivity contribution in [2.24, 2.45) is 11.1 Å². The molecule has 0 bridgehead atoms. The number of ether oxygens (including phenoxy) is 1. The summed E-state index contributed by atoms with van der Waals surface area (Å²) in [6.07, 6.45) is 0.514. The Morgan fingerprint density at radius 2 is 1.91 bits per heavy atom. The number of rotatable bonds is 2. The summed E-state index contributed by atoms with van der Waals surface area (Å²) in [5.74, 6) is 0.155. The van der Waals surface area contributed by atoms with Gasteiger partial charge < -0.3 is 15.3 Å². The molecule has 5 heteroatoms. The van der Waals surface area contributed by atoms with Gasteiger partial charge in [0.25, 0.3) is 5.91 Å². The van der Waals surface area contributed by atoms with Crippen molar-refractivity contribution in [2.45, 2.75) is 12.0 Å². The predicted octanol–water partition coefficient (Wildman–Crippen LogP) is 2.65. The zero-order valence-corrected chi connectivity index (χ0v) is 11.7. The van der Waals surface area contributed by atoms with Crippen LogP contribution in [-0.4, -0.2) is 22.4 Å². The monoisotopic (exact) mass is 294 g/mol. The minimum absolute atomic E-state index is 0.209. The van der Waals surface area contributed by atoms with Gasteiger partial charge in [-0.15, -0.1) is 0 Å². The minimum atomic E-state index is -0.967. The molecule has 4 rings (SSSR count). The van der Waals surface area contributed by atoms with Crippen LogP contribution in [0.15, 0.2) is 59.8 Å². The number of fused-ring (bicyclic) bond motifs is 2. The van der Waals surface area contributed by atoms with E-state index in [0.717, 1.165) is 11.3 Å². The van der Waals surface area contributed by atoms with Gasteiger partial charge in [0.05, 0.1) is 11.6 Å². The third kappa shape index (κ3) is 1.79. The summed E-state index contributed by atoms with van der Waals surface area (Å²) >= 11 is 0. The highest BCUT2D eigenvalue weighted by Gasteiger charge is 2.68. The lowest BCUT2D eigenvalue weighted by Gasteiger charge is -2.25. The van der Waals surface area contributed by atoms with Gasteiger partial charge >= 0.3 is 0 Å². The molecule has 2 aliphatic rings. The van der Waals surface area contributed by atoms with Gasteiger partial charge in [0.2, 0.25) is 0 Å². The van der Waals surface area contributed by atoms with E-state index < -0.39 is 5.60 Å². The van der Waals surface area contributed by atoms with Gasteiger partial charge in [0.1, 0.15) is 5.75 Å². The Bertz CT molecular complexity index is 772. The maximum atomic E-state index is 12.6. The van der Waals surface area contributed by atoms with Crippen LogP contribution in [0.3, 0.4) is 0 Å². The highest BCUT2D eigenvalue weighted by Crippen LogP contribution is 2.54. The number of anilines is 1. The molecule has 1 amide bonds. The van der Waals surface area contributed by atoms with Gasteiger partial charge in [-0.05, 0) is 24.3 Å². The van der Waals surface area contributed by atoms with Crippen LogP contribution < -0.4 is 10.1 Å². The van der Waals surface area contributed by atoms with Gasteiger partial charge in [-0.25, -0.2) is 0 Å². The second kappa shape index (κ2) is 4.59. The molecule has 0 radical (unpaired) electrons. The fourth-order valence-corrected chi connectivity index (χ4v) is 3.01. The SMILES string of the molecule is O=C(Nc1ccccc1)[C@@]12C[C@@H]1/C(=N/O)c1ccccc1O2. The van der Waals surface area contributed by atoms with E-state index in [1.54, 1.807) is 6.07 Å². The Hall–Kier alpha value is -2.82. The number of benzene rings is 2. The van der Waals surface area contributed by atoms with Gasteiger partial charge in [-0.3, -0.25) is 4.79 Å². The quantitative estimate of drug-likeness (QED) is 0.660. The van der Waals surface area contributed by atoms with Crippen LogP contribution in [0.25, 0.3) is 0 Å². The number of nitrogens with zero attached hydrogens (tertiary/aromatic N) is 1. The summed E-state index contributed by atoms with van der Waals surface area (Å²) in [5.41, 5.74) is 1.02. The summed E-state index contributed by atoms with van der Waals surface area (Å²) in [7, 11) is 0. The van der Waals surface area contributed by atoms with Crippen LogP contribution in [0.1, 0.15) is 12.0 Å². The molecule has 2 aromatic rings. The summed E-state index contributed by atoms with van der Waals surface area (Å²) in [4.78, 5) is 12.6. The lowest BCUT2D eigenvalue weighted by molar-refractivity contribution is -0.125. The van der Waals surface area contributed by atoms with Crippen LogP contribution in [0, 0.1) is 5.92 Å². The van der Waals surface area contributed by atoms with E-state index in [1.807, 2.05) is 48.5 Å². The smallest absolute Gasteiger partial charge is 0.269 e. The average molecular weight is 294 g/mol. The second-order valence-electron chi connectivity index (χ2n) is 5.55. The Labute approximate surface area is 127 Å². The first-order valence-electron chi connectivity index (χ1n) is 7.11. The molecular formula is C17H14N2O3. The first-order chi connectivity index (χ1) is 10.7. The molecular weight excluding hydrogens is 280 g/mol. The van der Waals surface area contributed by atoms with Crippen LogP contribution in [0.5, 0.6) is 5.75 Å². The molecule has 110 valence electrons. The number of carbonyl (C=O) groups excluding carboxylic acids is 1. The number of carbonyl (C=O) groups is 1. The fraction of sp³-hybridized carbons (Fsp3) is 0.176. The summed E-state index contributed by atoms with van der Waals surface area (Å²) in [6.45, 7) is 0. The molecule has 0 unspecified atom stereocenters. The van der Waals surface area contributed by atoms with Crippen LogP contribution >= 0.6 is 0 Å². The Kier molecular flexibility index (Phi) is 2.69. The van der Waals surface area contributed by atoms with Crippen molar-refractivity contribution in [1.82, 2.24) is 0 Å². The molecule has 1 heterocycles. The van der Waals surface area contributed by atoms with Gasteiger partial charge in [0.15, 0.2) is 5.60 Å². The van der Waals surface area contributed by atoms with Gasteiger partial charge in [-0.1, -0.05) is 35.5 Å². The summed E-state index contributed by atoms with van der Waals surface area (Å²) < 4.78 is 5.96. The number of amides is 1. The van der Waals surface area contributed by atoms with Crippen molar-refractivity contribution in [1.29, 1.82) is 0 Å². The van der Waals surface area contributed by atoms with Crippen molar-refractivity contribution in [3.05, 3.63) is 60.2 Å². The number of hydrogen-bond acceptors (Lipinski definition) is 4. The van der Waals surface area contributed by atoms with Crippen molar-refractivity contribution in [2.75, 3.05) is 5.32 Å². The van der Waals surface area contributed by atoms with E-state index in [4.69, 9.17) is 4.74 Å². The third-order valence-electron chi connectivity index (χ3n) is 4.22. The fourth-order valence-electron chi connectivity index (χ4n) is 3.01. The molecule has 2 aromatic carbocycles. The highest BCUT2D eigenvalue weighted by atomic mass is 16.5. The van der Waals surface area contributed by atoms with E-state index in [-0.39, 0.29) is 11.8 Å².